The van der Waals surface area contributed by atoms with Gasteiger partial charge in [-0.1, -0.05) is 11.6 Å². The van der Waals surface area contributed by atoms with E-state index >= 15 is 0 Å². The minimum atomic E-state index is -4.44. The molecule has 2 saturated heterocycles. The lowest BCUT2D eigenvalue weighted by molar-refractivity contribution is -0.137. The highest BCUT2D eigenvalue weighted by Gasteiger charge is 2.41. The summed E-state index contributed by atoms with van der Waals surface area (Å²) in [6, 6.07) is 5.03. The van der Waals surface area contributed by atoms with Gasteiger partial charge >= 0.3 is 12.3 Å². The summed E-state index contributed by atoms with van der Waals surface area (Å²) in [4.78, 5) is 31.4. The number of piperidine rings is 1. The van der Waals surface area contributed by atoms with Gasteiger partial charge in [0.05, 0.1) is 17.3 Å². The molecule has 1 spiro atoms. The summed E-state index contributed by atoms with van der Waals surface area (Å²) in [5.41, 5.74) is 5.17. The van der Waals surface area contributed by atoms with E-state index in [4.69, 9.17) is 22.1 Å². The molecule has 4 rings (SSSR count). The average molecular weight is 497 g/mol. The Morgan fingerprint density at radius 1 is 1.09 bits per heavy atom. The average Bonchev–Trinajstić information content (AvgIpc) is 3.15. The van der Waals surface area contributed by atoms with Crippen molar-refractivity contribution >= 4 is 23.6 Å². The van der Waals surface area contributed by atoms with Gasteiger partial charge in [-0.2, -0.15) is 13.2 Å². The first-order valence-electron chi connectivity index (χ1n) is 10.8. The van der Waals surface area contributed by atoms with Gasteiger partial charge in [0.1, 0.15) is 0 Å². The number of nitrogens with zero attached hydrogens (tertiary/aromatic N) is 3. The van der Waals surface area contributed by atoms with Crippen molar-refractivity contribution in [2.24, 2.45) is 11.1 Å². The standard InChI is InChI=1S/C23H24ClF3N4O3/c24-18-8-15(7-17(10-18)23(25,26)27)13-30-4-1-22(14-30)2-5-31(6-3-22)21(33)34-19-9-16(20(28)32)11-29-12-19/h7-12H,1-6,13-14H2,(H2,28,32). The summed E-state index contributed by atoms with van der Waals surface area (Å²) in [5, 5.41) is 0.0714. The third kappa shape index (κ3) is 5.61. The monoisotopic (exact) mass is 496 g/mol. The summed E-state index contributed by atoms with van der Waals surface area (Å²) in [6.07, 6.45) is 0.112. The minimum Gasteiger partial charge on any atom is -0.409 e. The van der Waals surface area contributed by atoms with Crippen LogP contribution in [-0.4, -0.2) is 53.0 Å². The Kier molecular flexibility index (Phi) is 6.73. The van der Waals surface area contributed by atoms with Gasteiger partial charge in [-0.3, -0.25) is 14.7 Å². The summed E-state index contributed by atoms with van der Waals surface area (Å²) >= 11 is 5.92. The van der Waals surface area contributed by atoms with E-state index in [0.29, 0.717) is 25.2 Å². The first-order chi connectivity index (χ1) is 16.0. The number of benzene rings is 1. The molecule has 2 aliphatic heterocycles. The normalized spacial score (nSPS) is 18.3. The van der Waals surface area contributed by atoms with E-state index in [1.807, 2.05) is 0 Å². The van der Waals surface area contributed by atoms with Crippen LogP contribution in [0.2, 0.25) is 5.02 Å². The van der Waals surface area contributed by atoms with Crippen molar-refractivity contribution in [2.75, 3.05) is 26.2 Å². The third-order valence-electron chi connectivity index (χ3n) is 6.49. The number of amides is 2. The summed E-state index contributed by atoms with van der Waals surface area (Å²) < 4.78 is 44.7. The Bertz CT molecular complexity index is 1090. The van der Waals surface area contributed by atoms with Crippen LogP contribution < -0.4 is 10.5 Å². The number of rotatable bonds is 4. The molecule has 2 aromatic rings. The topological polar surface area (TPSA) is 88.8 Å². The van der Waals surface area contributed by atoms with E-state index in [1.54, 1.807) is 11.0 Å². The maximum atomic E-state index is 13.1. The number of carbonyl (C=O) groups excluding carboxylic acids is 2. The molecule has 1 aromatic carbocycles. The molecule has 11 heteroatoms. The number of hydrogen-bond donors (Lipinski definition) is 1. The lowest BCUT2D eigenvalue weighted by atomic mass is 9.78. The molecular weight excluding hydrogens is 473 g/mol. The lowest BCUT2D eigenvalue weighted by Gasteiger charge is -2.38. The smallest absolute Gasteiger partial charge is 0.409 e. The zero-order valence-electron chi connectivity index (χ0n) is 18.3. The number of carbonyl (C=O) groups is 2. The molecule has 7 nitrogen and oxygen atoms in total. The van der Waals surface area contributed by atoms with E-state index in [0.717, 1.165) is 44.5 Å². The summed E-state index contributed by atoms with van der Waals surface area (Å²) in [5.74, 6) is -0.517. The van der Waals surface area contributed by atoms with E-state index in [-0.39, 0.29) is 21.8 Å². The maximum Gasteiger partial charge on any atom is 0.416 e. The number of aromatic nitrogens is 1. The highest BCUT2D eigenvalue weighted by Crippen LogP contribution is 2.41. The Balaban J connectivity index is 1.32. The first kappa shape index (κ1) is 24.3. The van der Waals surface area contributed by atoms with E-state index in [9.17, 15) is 22.8 Å². The molecule has 2 N–H and O–H groups in total. The van der Waals surface area contributed by atoms with E-state index in [2.05, 4.69) is 9.88 Å². The number of halogens is 4. The summed E-state index contributed by atoms with van der Waals surface area (Å²) in [6.45, 7) is 2.91. The molecular formula is C23H24ClF3N4O3. The van der Waals surface area contributed by atoms with Crippen LogP contribution in [0.3, 0.4) is 0 Å². The molecule has 0 unspecified atom stereocenters. The van der Waals surface area contributed by atoms with Gasteiger partial charge in [-0.05, 0) is 61.1 Å². The van der Waals surface area contributed by atoms with Crippen LogP contribution in [0, 0.1) is 5.41 Å². The molecule has 0 bridgehead atoms. The Morgan fingerprint density at radius 2 is 1.79 bits per heavy atom. The van der Waals surface area contributed by atoms with Gasteiger partial charge in [0.15, 0.2) is 5.75 Å². The molecule has 3 heterocycles. The minimum absolute atomic E-state index is 0.00958. The number of primary amides is 1. The third-order valence-corrected chi connectivity index (χ3v) is 6.71. The van der Waals surface area contributed by atoms with Crippen LogP contribution in [0.5, 0.6) is 5.75 Å². The highest BCUT2D eigenvalue weighted by atomic mass is 35.5. The van der Waals surface area contributed by atoms with Crippen LogP contribution in [0.25, 0.3) is 0 Å². The fraction of sp³-hybridized carbons (Fsp3) is 0.435. The van der Waals surface area contributed by atoms with Gasteiger partial charge in [-0.25, -0.2) is 4.79 Å². The number of hydrogen-bond acceptors (Lipinski definition) is 5. The molecule has 34 heavy (non-hydrogen) atoms. The second kappa shape index (κ2) is 9.42. The van der Waals surface area contributed by atoms with Crippen molar-refractivity contribution in [3.8, 4) is 5.75 Å². The molecule has 0 aliphatic carbocycles. The molecule has 2 aliphatic rings. The van der Waals surface area contributed by atoms with Gasteiger partial charge in [-0.15, -0.1) is 0 Å². The van der Waals surface area contributed by atoms with E-state index in [1.165, 1.54) is 18.5 Å². The highest BCUT2D eigenvalue weighted by molar-refractivity contribution is 6.30. The van der Waals surface area contributed by atoms with E-state index < -0.39 is 23.7 Å². The van der Waals surface area contributed by atoms with Gasteiger partial charge in [0.2, 0.25) is 5.91 Å². The van der Waals surface area contributed by atoms with Crippen LogP contribution >= 0.6 is 11.6 Å². The molecule has 2 amide bonds. The quantitative estimate of drug-likeness (QED) is 0.680. The summed E-state index contributed by atoms with van der Waals surface area (Å²) in [7, 11) is 0. The Hall–Kier alpha value is -2.85. The fourth-order valence-corrected chi connectivity index (χ4v) is 4.93. The number of likely N-dealkylation sites (tertiary alicyclic amines) is 2. The zero-order valence-corrected chi connectivity index (χ0v) is 19.0. The van der Waals surface area contributed by atoms with Crippen molar-refractivity contribution in [1.82, 2.24) is 14.8 Å². The van der Waals surface area contributed by atoms with Crippen molar-refractivity contribution in [1.29, 1.82) is 0 Å². The van der Waals surface area contributed by atoms with Crippen molar-refractivity contribution in [3.63, 3.8) is 0 Å². The molecule has 0 saturated carbocycles. The molecule has 0 radical (unpaired) electrons. The predicted molar refractivity (Wildman–Crippen MR) is 118 cm³/mol. The predicted octanol–water partition coefficient (Wildman–Crippen LogP) is 4.34. The van der Waals surface area contributed by atoms with Crippen LogP contribution in [0.15, 0.2) is 36.7 Å². The fourth-order valence-electron chi connectivity index (χ4n) is 4.67. The number of ether oxygens (including phenoxy) is 1. The molecule has 1 aromatic heterocycles. The van der Waals surface area contributed by atoms with Crippen molar-refractivity contribution < 1.29 is 27.5 Å². The largest absolute Gasteiger partial charge is 0.416 e. The number of pyridine rings is 1. The number of nitrogens with two attached hydrogens (primary N) is 1. The van der Waals surface area contributed by atoms with Crippen LogP contribution in [0.4, 0.5) is 18.0 Å². The maximum absolute atomic E-state index is 13.1. The van der Waals surface area contributed by atoms with Gasteiger partial charge in [0, 0.05) is 37.4 Å². The van der Waals surface area contributed by atoms with Crippen LogP contribution in [0.1, 0.15) is 40.7 Å². The van der Waals surface area contributed by atoms with Crippen molar-refractivity contribution in [2.45, 2.75) is 32.0 Å². The first-order valence-corrected chi connectivity index (χ1v) is 11.2. The second-order valence-corrected chi connectivity index (χ2v) is 9.37. The van der Waals surface area contributed by atoms with Crippen molar-refractivity contribution in [3.05, 3.63) is 58.4 Å². The Morgan fingerprint density at radius 3 is 2.47 bits per heavy atom. The second-order valence-electron chi connectivity index (χ2n) is 8.94. The molecule has 2 fully saturated rings. The SMILES string of the molecule is NC(=O)c1cncc(OC(=O)N2CCC3(CCN(Cc4cc(Cl)cc(C(F)(F)F)c4)C3)CC2)c1. The Labute approximate surface area is 199 Å². The zero-order chi connectivity index (χ0) is 24.5. The van der Waals surface area contributed by atoms with Gasteiger partial charge in [0.25, 0.3) is 0 Å². The van der Waals surface area contributed by atoms with Gasteiger partial charge < -0.3 is 15.4 Å². The molecule has 0 atom stereocenters. The van der Waals surface area contributed by atoms with Crippen LogP contribution in [-0.2, 0) is 12.7 Å². The lowest BCUT2D eigenvalue weighted by Crippen LogP contribution is -2.45. The number of alkyl halides is 3. The molecule has 182 valence electrons.